The summed E-state index contributed by atoms with van der Waals surface area (Å²) in [5, 5.41) is 7.20. The summed E-state index contributed by atoms with van der Waals surface area (Å²) in [5.74, 6) is 1.03. The number of hydrogen-bond donors (Lipinski definition) is 2. The summed E-state index contributed by atoms with van der Waals surface area (Å²) in [4.78, 5) is 0. The molecule has 1 aromatic carbocycles. The molecule has 1 unspecified atom stereocenters. The van der Waals surface area contributed by atoms with Crippen molar-refractivity contribution in [3.8, 4) is 5.75 Å². The number of ether oxygens (including phenoxy) is 2. The maximum Gasteiger partial charge on any atom is 0.124 e. The van der Waals surface area contributed by atoms with E-state index >= 15 is 0 Å². The van der Waals surface area contributed by atoms with Gasteiger partial charge in [-0.25, -0.2) is 0 Å². The van der Waals surface area contributed by atoms with Crippen molar-refractivity contribution in [2.45, 2.75) is 18.9 Å². The van der Waals surface area contributed by atoms with Gasteiger partial charge in [-0.15, -0.1) is 0 Å². The Bertz CT molecular complexity index is 356. The van der Waals surface area contributed by atoms with E-state index in [9.17, 15) is 0 Å². The van der Waals surface area contributed by atoms with Gasteiger partial charge < -0.3 is 15.2 Å². The summed E-state index contributed by atoms with van der Waals surface area (Å²) in [5.41, 5.74) is 6.36. The van der Waals surface area contributed by atoms with Crippen LogP contribution in [-0.4, -0.2) is 25.2 Å². The van der Waals surface area contributed by atoms with E-state index in [0.29, 0.717) is 13.0 Å². The zero-order chi connectivity index (χ0) is 11.4. The molecule has 1 heterocycles. The molecule has 1 aliphatic heterocycles. The lowest BCUT2D eigenvalue weighted by atomic mass is 10.1. The van der Waals surface area contributed by atoms with Crippen molar-refractivity contribution < 1.29 is 9.47 Å². The van der Waals surface area contributed by atoms with Gasteiger partial charge in [-0.1, -0.05) is 12.1 Å². The lowest BCUT2D eigenvalue weighted by Gasteiger charge is -2.11. The summed E-state index contributed by atoms with van der Waals surface area (Å²) in [6.45, 7) is 1.46. The topological polar surface area (TPSA) is 68.3 Å². The minimum Gasteiger partial charge on any atom is -0.488 e. The van der Waals surface area contributed by atoms with Gasteiger partial charge in [0.1, 0.15) is 11.9 Å². The highest BCUT2D eigenvalue weighted by atomic mass is 16.5. The smallest absolute Gasteiger partial charge is 0.124 e. The molecule has 16 heavy (non-hydrogen) atoms. The number of nitrogens with one attached hydrogen (secondary N) is 1. The van der Waals surface area contributed by atoms with E-state index < -0.39 is 0 Å². The van der Waals surface area contributed by atoms with Crippen LogP contribution in [0.4, 0.5) is 0 Å². The average molecular weight is 220 g/mol. The third-order valence-electron chi connectivity index (χ3n) is 2.51. The fourth-order valence-corrected chi connectivity index (χ4v) is 1.70. The summed E-state index contributed by atoms with van der Waals surface area (Å²) in [6, 6.07) is 7.70. The monoisotopic (exact) mass is 220 g/mol. The highest BCUT2D eigenvalue weighted by Crippen LogP contribution is 2.17. The number of benzene rings is 1. The van der Waals surface area contributed by atoms with Crippen LogP contribution in [0.1, 0.15) is 12.0 Å². The van der Waals surface area contributed by atoms with Crippen molar-refractivity contribution in [2.24, 2.45) is 5.73 Å². The molecule has 2 rings (SSSR count). The Balaban J connectivity index is 1.93. The van der Waals surface area contributed by atoms with Crippen molar-refractivity contribution >= 4 is 5.84 Å². The van der Waals surface area contributed by atoms with Gasteiger partial charge in [0.2, 0.25) is 0 Å². The summed E-state index contributed by atoms with van der Waals surface area (Å²) in [7, 11) is 0. The second-order valence-corrected chi connectivity index (χ2v) is 3.95. The quantitative estimate of drug-likeness (QED) is 0.594. The normalized spacial score (nSPS) is 19.6. The summed E-state index contributed by atoms with van der Waals surface area (Å²) >= 11 is 0. The van der Waals surface area contributed by atoms with Gasteiger partial charge >= 0.3 is 0 Å². The van der Waals surface area contributed by atoms with E-state index in [2.05, 4.69) is 0 Å². The van der Waals surface area contributed by atoms with Gasteiger partial charge in [0.25, 0.3) is 0 Å². The van der Waals surface area contributed by atoms with E-state index in [1.807, 2.05) is 24.3 Å². The van der Waals surface area contributed by atoms with Gasteiger partial charge in [0, 0.05) is 12.8 Å². The standard InChI is InChI=1S/C12H16N2O2/c13-12(14)7-9-1-3-10(4-2-9)16-11-5-6-15-8-11/h1-4,11H,5-8H2,(H3,13,14). The Hall–Kier alpha value is -1.55. The molecular formula is C12H16N2O2. The largest absolute Gasteiger partial charge is 0.488 e. The lowest BCUT2D eigenvalue weighted by Crippen LogP contribution is -2.16. The summed E-state index contributed by atoms with van der Waals surface area (Å²) in [6.07, 6.45) is 1.63. The molecule has 0 radical (unpaired) electrons. The van der Waals surface area contributed by atoms with Gasteiger partial charge in [0.15, 0.2) is 0 Å². The second-order valence-electron chi connectivity index (χ2n) is 3.95. The lowest BCUT2D eigenvalue weighted by molar-refractivity contribution is 0.141. The first-order valence-electron chi connectivity index (χ1n) is 5.40. The zero-order valence-electron chi connectivity index (χ0n) is 9.11. The molecular weight excluding hydrogens is 204 g/mol. The van der Waals surface area contributed by atoms with E-state index in [1.165, 1.54) is 0 Å². The molecule has 1 aromatic rings. The van der Waals surface area contributed by atoms with Gasteiger partial charge in [-0.05, 0) is 17.7 Å². The number of rotatable bonds is 4. The van der Waals surface area contributed by atoms with Crippen LogP contribution < -0.4 is 10.5 Å². The second kappa shape index (κ2) is 4.99. The molecule has 1 atom stereocenters. The molecule has 1 aliphatic rings. The van der Waals surface area contributed by atoms with Gasteiger partial charge in [-0.2, -0.15) is 0 Å². The zero-order valence-corrected chi connectivity index (χ0v) is 9.11. The Labute approximate surface area is 94.9 Å². The van der Waals surface area contributed by atoms with E-state index in [-0.39, 0.29) is 11.9 Å². The SMILES string of the molecule is N=C(N)Cc1ccc(OC2CCOC2)cc1. The van der Waals surface area contributed by atoms with Gasteiger partial charge in [0.05, 0.1) is 19.0 Å². The molecule has 0 aliphatic carbocycles. The van der Waals surface area contributed by atoms with E-state index in [0.717, 1.165) is 24.3 Å². The van der Waals surface area contributed by atoms with Crippen molar-refractivity contribution in [1.29, 1.82) is 5.41 Å². The minimum atomic E-state index is 0.179. The molecule has 0 amide bonds. The Morgan fingerprint density at radius 2 is 2.19 bits per heavy atom. The fourth-order valence-electron chi connectivity index (χ4n) is 1.70. The Morgan fingerprint density at radius 1 is 1.44 bits per heavy atom. The number of hydrogen-bond acceptors (Lipinski definition) is 3. The van der Waals surface area contributed by atoms with Crippen molar-refractivity contribution in [3.05, 3.63) is 29.8 Å². The van der Waals surface area contributed by atoms with Crippen LogP contribution in [0.2, 0.25) is 0 Å². The third-order valence-corrected chi connectivity index (χ3v) is 2.51. The fraction of sp³-hybridized carbons (Fsp3) is 0.417. The van der Waals surface area contributed by atoms with Crippen LogP contribution in [-0.2, 0) is 11.2 Å². The molecule has 0 spiro atoms. The van der Waals surface area contributed by atoms with E-state index in [1.54, 1.807) is 0 Å². The van der Waals surface area contributed by atoms with Crippen LogP contribution in [0.3, 0.4) is 0 Å². The maximum atomic E-state index is 7.20. The molecule has 4 heteroatoms. The molecule has 0 aromatic heterocycles. The number of amidine groups is 1. The van der Waals surface area contributed by atoms with Crippen LogP contribution in [0.25, 0.3) is 0 Å². The van der Waals surface area contributed by atoms with Crippen molar-refractivity contribution in [2.75, 3.05) is 13.2 Å². The molecule has 3 N–H and O–H groups in total. The van der Waals surface area contributed by atoms with Crippen molar-refractivity contribution in [1.82, 2.24) is 0 Å². The first kappa shape index (κ1) is 11.0. The molecule has 4 nitrogen and oxygen atoms in total. The van der Waals surface area contributed by atoms with E-state index in [4.69, 9.17) is 20.6 Å². The van der Waals surface area contributed by atoms with Crippen LogP contribution in [0, 0.1) is 5.41 Å². The highest BCUT2D eigenvalue weighted by Gasteiger charge is 2.16. The molecule has 1 fully saturated rings. The third kappa shape index (κ3) is 2.97. The summed E-state index contributed by atoms with van der Waals surface area (Å²) < 4.78 is 11.0. The van der Waals surface area contributed by atoms with Gasteiger partial charge in [-0.3, -0.25) is 5.41 Å². The number of nitrogens with two attached hydrogens (primary N) is 1. The maximum absolute atomic E-state index is 7.20. The predicted molar refractivity (Wildman–Crippen MR) is 61.9 cm³/mol. The first-order valence-corrected chi connectivity index (χ1v) is 5.40. The molecule has 86 valence electrons. The highest BCUT2D eigenvalue weighted by molar-refractivity contribution is 5.79. The molecule has 0 bridgehead atoms. The predicted octanol–water partition coefficient (Wildman–Crippen LogP) is 1.33. The minimum absolute atomic E-state index is 0.179. The average Bonchev–Trinajstić information content (AvgIpc) is 2.73. The van der Waals surface area contributed by atoms with Crippen molar-refractivity contribution in [3.63, 3.8) is 0 Å². The molecule has 0 saturated carbocycles. The van der Waals surface area contributed by atoms with Crippen LogP contribution in [0.15, 0.2) is 24.3 Å². The molecule has 1 saturated heterocycles. The van der Waals surface area contributed by atoms with Crippen LogP contribution in [0.5, 0.6) is 5.75 Å². The first-order chi connectivity index (χ1) is 7.74. The Morgan fingerprint density at radius 3 is 2.75 bits per heavy atom. The van der Waals surface area contributed by atoms with Crippen LogP contribution >= 0.6 is 0 Å². The Kier molecular flexibility index (Phi) is 3.41.